The zero-order valence-electron chi connectivity index (χ0n) is 7.57. The van der Waals surface area contributed by atoms with E-state index in [4.69, 9.17) is 0 Å². The summed E-state index contributed by atoms with van der Waals surface area (Å²) in [6.45, 7) is 0. The van der Waals surface area contributed by atoms with E-state index in [0.717, 1.165) is 8.26 Å². The van der Waals surface area contributed by atoms with Gasteiger partial charge < -0.3 is 0 Å². The smallest absolute Gasteiger partial charge is 0.222 e. The Kier molecular flexibility index (Phi) is 3.03. The van der Waals surface area contributed by atoms with E-state index in [-0.39, 0.29) is 5.78 Å². The van der Waals surface area contributed by atoms with Crippen LogP contribution >= 0.6 is 43.2 Å². The highest BCUT2D eigenvalue weighted by atomic mass is 79.9. The van der Waals surface area contributed by atoms with Gasteiger partial charge in [-0.1, -0.05) is 5.21 Å². The fourth-order valence-corrected chi connectivity index (χ4v) is 3.06. The van der Waals surface area contributed by atoms with Gasteiger partial charge in [0.15, 0.2) is 0 Å². The van der Waals surface area contributed by atoms with Gasteiger partial charge in [-0.25, -0.2) is 4.68 Å². The number of ketones is 1. The number of carbonyl (C=O) groups is 1. The Balaban J connectivity index is 2.41. The first-order chi connectivity index (χ1) is 7.09. The Morgan fingerprint density at radius 2 is 2.27 bits per heavy atom. The highest BCUT2D eigenvalue weighted by Gasteiger charge is 2.17. The van der Waals surface area contributed by atoms with Crippen molar-refractivity contribution >= 4 is 49.0 Å². The highest BCUT2D eigenvalue weighted by molar-refractivity contribution is 9.13. The van der Waals surface area contributed by atoms with E-state index >= 15 is 0 Å². The van der Waals surface area contributed by atoms with Crippen molar-refractivity contribution in [2.75, 3.05) is 0 Å². The van der Waals surface area contributed by atoms with Crippen molar-refractivity contribution in [3.8, 4) is 0 Å². The number of hydrogen-bond donors (Lipinski definition) is 0. The molecule has 0 saturated heterocycles. The van der Waals surface area contributed by atoms with Crippen LogP contribution < -0.4 is 0 Å². The summed E-state index contributed by atoms with van der Waals surface area (Å²) in [4.78, 5) is 12.6. The van der Waals surface area contributed by atoms with Crippen LogP contribution in [0.2, 0.25) is 0 Å². The lowest BCUT2D eigenvalue weighted by Crippen LogP contribution is -2.06. The maximum atomic E-state index is 12.0. The maximum absolute atomic E-state index is 12.0. The standard InChI is InChI=1S/C8H5Br2N3OS/c1-13-5(3-11-12-13)7(14)6-2-4(9)8(10)15-6/h2-3H,1H3. The molecule has 2 aromatic rings. The average molecular weight is 351 g/mol. The molecule has 4 nitrogen and oxygen atoms in total. The largest absolute Gasteiger partial charge is 0.286 e. The van der Waals surface area contributed by atoms with Crippen molar-refractivity contribution in [2.24, 2.45) is 7.05 Å². The molecule has 0 radical (unpaired) electrons. The van der Waals surface area contributed by atoms with Crippen LogP contribution in [0.4, 0.5) is 0 Å². The molecular formula is C8H5Br2N3OS. The lowest BCUT2D eigenvalue weighted by Gasteiger charge is -1.95. The number of aromatic nitrogens is 3. The lowest BCUT2D eigenvalue weighted by molar-refractivity contribution is 0.103. The van der Waals surface area contributed by atoms with Gasteiger partial charge in [-0.15, -0.1) is 16.4 Å². The van der Waals surface area contributed by atoms with Gasteiger partial charge in [0, 0.05) is 11.5 Å². The van der Waals surface area contributed by atoms with Crippen molar-refractivity contribution in [1.82, 2.24) is 15.0 Å². The second-order valence-corrected chi connectivity index (χ2v) is 6.03. The number of halogens is 2. The number of aryl methyl sites for hydroxylation is 1. The molecule has 0 aliphatic heterocycles. The molecular weight excluding hydrogens is 346 g/mol. The second kappa shape index (κ2) is 4.15. The summed E-state index contributed by atoms with van der Waals surface area (Å²) in [6.07, 6.45) is 1.46. The van der Waals surface area contributed by atoms with Crippen molar-refractivity contribution in [3.63, 3.8) is 0 Å². The van der Waals surface area contributed by atoms with Crippen LogP contribution in [0.5, 0.6) is 0 Å². The van der Waals surface area contributed by atoms with Crippen molar-refractivity contribution in [3.05, 3.63) is 31.1 Å². The van der Waals surface area contributed by atoms with Gasteiger partial charge in [0.05, 0.1) is 14.9 Å². The number of carbonyl (C=O) groups excluding carboxylic acids is 1. The monoisotopic (exact) mass is 349 g/mol. The lowest BCUT2D eigenvalue weighted by atomic mass is 10.2. The summed E-state index contributed by atoms with van der Waals surface area (Å²) < 4.78 is 3.25. The van der Waals surface area contributed by atoms with E-state index in [9.17, 15) is 4.79 Å². The van der Waals surface area contributed by atoms with Gasteiger partial charge in [0.2, 0.25) is 5.78 Å². The van der Waals surface area contributed by atoms with E-state index in [2.05, 4.69) is 42.2 Å². The van der Waals surface area contributed by atoms with Gasteiger partial charge >= 0.3 is 0 Å². The third-order valence-corrected chi connectivity index (χ3v) is 5.07. The van der Waals surface area contributed by atoms with E-state index in [0.29, 0.717) is 10.6 Å². The Bertz CT molecular complexity index is 500. The zero-order valence-corrected chi connectivity index (χ0v) is 11.6. The molecule has 2 rings (SSSR count). The molecule has 78 valence electrons. The van der Waals surface area contributed by atoms with Crippen molar-refractivity contribution in [1.29, 1.82) is 0 Å². The Labute approximate surface area is 107 Å². The molecule has 0 fully saturated rings. The predicted octanol–water partition coefficient (Wildman–Crippen LogP) is 2.63. The van der Waals surface area contributed by atoms with Crippen LogP contribution in [0.15, 0.2) is 20.5 Å². The minimum Gasteiger partial charge on any atom is -0.286 e. The number of rotatable bonds is 2. The zero-order chi connectivity index (χ0) is 11.0. The third-order valence-electron chi connectivity index (χ3n) is 1.82. The number of nitrogens with zero attached hydrogens (tertiary/aromatic N) is 3. The quantitative estimate of drug-likeness (QED) is 0.782. The second-order valence-electron chi connectivity index (χ2n) is 2.80. The molecule has 0 atom stereocenters. The summed E-state index contributed by atoms with van der Waals surface area (Å²) >= 11 is 8.07. The van der Waals surface area contributed by atoms with E-state index in [1.54, 1.807) is 13.1 Å². The Morgan fingerprint density at radius 3 is 2.73 bits per heavy atom. The molecule has 0 amide bonds. The SMILES string of the molecule is Cn1nncc1C(=O)c1cc(Br)c(Br)s1. The Hall–Kier alpha value is -0.530. The molecule has 0 spiro atoms. The molecule has 0 aliphatic carbocycles. The topological polar surface area (TPSA) is 47.8 Å². The molecule has 0 aliphatic rings. The first-order valence-corrected chi connectivity index (χ1v) is 6.34. The molecule has 2 heterocycles. The van der Waals surface area contributed by atoms with E-state index < -0.39 is 0 Å². The van der Waals surface area contributed by atoms with E-state index in [1.807, 2.05) is 0 Å². The Morgan fingerprint density at radius 1 is 1.53 bits per heavy atom. The van der Waals surface area contributed by atoms with Crippen molar-refractivity contribution in [2.45, 2.75) is 0 Å². The summed E-state index contributed by atoms with van der Waals surface area (Å²) in [5, 5.41) is 7.39. The van der Waals surface area contributed by atoms with Crippen LogP contribution in [0.3, 0.4) is 0 Å². The van der Waals surface area contributed by atoms with Gasteiger partial charge in [-0.3, -0.25) is 4.79 Å². The van der Waals surface area contributed by atoms with Gasteiger partial charge in [0.1, 0.15) is 5.69 Å². The van der Waals surface area contributed by atoms with Gasteiger partial charge in [0.25, 0.3) is 0 Å². The third kappa shape index (κ3) is 2.04. The average Bonchev–Trinajstić information content (AvgIpc) is 2.74. The van der Waals surface area contributed by atoms with Gasteiger partial charge in [-0.05, 0) is 37.9 Å². The first-order valence-electron chi connectivity index (χ1n) is 3.94. The summed E-state index contributed by atoms with van der Waals surface area (Å²) in [5.41, 5.74) is 0.483. The predicted molar refractivity (Wildman–Crippen MR) is 64.2 cm³/mol. The molecule has 0 aromatic carbocycles. The maximum Gasteiger partial charge on any atom is 0.222 e. The van der Waals surface area contributed by atoms with Crippen molar-refractivity contribution < 1.29 is 4.79 Å². The number of thiophene rings is 1. The first kappa shape index (κ1) is 11.0. The van der Waals surface area contributed by atoms with Crippen LogP contribution in [0.25, 0.3) is 0 Å². The number of hydrogen-bond acceptors (Lipinski definition) is 4. The van der Waals surface area contributed by atoms with E-state index in [1.165, 1.54) is 22.2 Å². The van der Waals surface area contributed by atoms with Crippen LogP contribution in [-0.4, -0.2) is 20.8 Å². The van der Waals surface area contributed by atoms with Gasteiger partial charge in [-0.2, -0.15) is 0 Å². The van der Waals surface area contributed by atoms with Crippen LogP contribution in [-0.2, 0) is 7.05 Å². The fourth-order valence-electron chi connectivity index (χ4n) is 1.08. The molecule has 7 heteroatoms. The summed E-state index contributed by atoms with van der Waals surface area (Å²) in [7, 11) is 1.69. The highest BCUT2D eigenvalue weighted by Crippen LogP contribution is 2.33. The molecule has 0 N–H and O–H groups in total. The van der Waals surface area contributed by atoms with Crippen LogP contribution in [0.1, 0.15) is 15.4 Å². The fraction of sp³-hybridized carbons (Fsp3) is 0.125. The minimum absolute atomic E-state index is 0.0705. The minimum atomic E-state index is -0.0705. The molecule has 0 saturated carbocycles. The molecule has 0 unspecified atom stereocenters. The molecule has 15 heavy (non-hydrogen) atoms. The molecule has 0 bridgehead atoms. The van der Waals surface area contributed by atoms with Crippen LogP contribution in [0, 0.1) is 0 Å². The summed E-state index contributed by atoms with van der Waals surface area (Å²) in [5.74, 6) is -0.0705. The normalized spacial score (nSPS) is 10.6. The summed E-state index contributed by atoms with van der Waals surface area (Å²) in [6, 6.07) is 1.78. The molecule has 2 aromatic heterocycles.